The molecule has 1 saturated carbocycles. The molecule has 0 aliphatic heterocycles. The second kappa shape index (κ2) is 6.66. The summed E-state index contributed by atoms with van der Waals surface area (Å²) in [6.45, 7) is 2.07. The highest BCUT2D eigenvalue weighted by Gasteiger charge is 2.24. The zero-order chi connectivity index (χ0) is 15.4. The third kappa shape index (κ3) is 4.52. The standard InChI is InChI=1S/C13H22N6O2/c1-3-10(14)11-6-19(17-16-11)8-13(21)18(2)7-12(20)15-9-4-5-9/h6,9-10H,3-5,7-8,14H2,1-2H3,(H,15,20). The van der Waals surface area contributed by atoms with Crippen LogP contribution in [0.2, 0.25) is 0 Å². The molecule has 1 heterocycles. The van der Waals surface area contributed by atoms with Crippen LogP contribution in [0.5, 0.6) is 0 Å². The first-order valence-corrected chi connectivity index (χ1v) is 7.18. The van der Waals surface area contributed by atoms with Crippen LogP contribution in [0, 0.1) is 0 Å². The van der Waals surface area contributed by atoms with E-state index in [9.17, 15) is 9.59 Å². The number of hydrogen-bond donors (Lipinski definition) is 2. The molecule has 1 fully saturated rings. The van der Waals surface area contributed by atoms with Gasteiger partial charge in [0.1, 0.15) is 6.54 Å². The molecule has 0 bridgehead atoms. The first-order chi connectivity index (χ1) is 9.99. The van der Waals surface area contributed by atoms with Crippen LogP contribution in [0.4, 0.5) is 0 Å². The fourth-order valence-electron chi connectivity index (χ4n) is 1.83. The van der Waals surface area contributed by atoms with Crippen LogP contribution in [0.1, 0.15) is 37.9 Å². The van der Waals surface area contributed by atoms with Crippen LogP contribution in [-0.2, 0) is 16.1 Å². The average molecular weight is 294 g/mol. The Morgan fingerprint density at radius 1 is 1.57 bits per heavy atom. The van der Waals surface area contributed by atoms with E-state index < -0.39 is 0 Å². The van der Waals surface area contributed by atoms with Gasteiger partial charge in [-0.05, 0) is 19.3 Å². The zero-order valence-electron chi connectivity index (χ0n) is 12.5. The summed E-state index contributed by atoms with van der Waals surface area (Å²) in [5.41, 5.74) is 6.52. The second-order valence-corrected chi connectivity index (χ2v) is 5.45. The minimum Gasteiger partial charge on any atom is -0.352 e. The predicted octanol–water partition coefficient (Wildman–Crippen LogP) is -0.575. The van der Waals surface area contributed by atoms with E-state index in [0.717, 1.165) is 19.3 Å². The Balaban J connectivity index is 1.82. The molecule has 8 heteroatoms. The van der Waals surface area contributed by atoms with Gasteiger partial charge in [-0.2, -0.15) is 0 Å². The topological polar surface area (TPSA) is 106 Å². The van der Waals surface area contributed by atoms with Crippen molar-refractivity contribution in [2.24, 2.45) is 5.73 Å². The summed E-state index contributed by atoms with van der Waals surface area (Å²) in [6, 6.07) is 0.130. The summed E-state index contributed by atoms with van der Waals surface area (Å²) in [5, 5.41) is 10.7. The first-order valence-electron chi connectivity index (χ1n) is 7.18. The smallest absolute Gasteiger partial charge is 0.244 e. The van der Waals surface area contributed by atoms with E-state index in [4.69, 9.17) is 5.73 Å². The van der Waals surface area contributed by atoms with Crippen molar-refractivity contribution < 1.29 is 9.59 Å². The number of nitrogens with two attached hydrogens (primary N) is 1. The maximum atomic E-state index is 12.0. The fraction of sp³-hybridized carbons (Fsp3) is 0.692. The predicted molar refractivity (Wildman–Crippen MR) is 76.0 cm³/mol. The van der Waals surface area contributed by atoms with Gasteiger partial charge in [-0.3, -0.25) is 9.59 Å². The molecule has 3 N–H and O–H groups in total. The summed E-state index contributed by atoms with van der Waals surface area (Å²) in [4.78, 5) is 25.0. The lowest BCUT2D eigenvalue weighted by molar-refractivity contribution is -0.135. The molecule has 116 valence electrons. The number of hydrogen-bond acceptors (Lipinski definition) is 5. The molecule has 1 unspecified atom stereocenters. The molecule has 0 radical (unpaired) electrons. The van der Waals surface area contributed by atoms with E-state index in [0.29, 0.717) is 11.7 Å². The van der Waals surface area contributed by atoms with Crippen molar-refractivity contribution in [2.75, 3.05) is 13.6 Å². The Kier molecular flexibility index (Phi) is 4.89. The molecular formula is C13H22N6O2. The van der Waals surface area contributed by atoms with E-state index in [1.807, 2.05) is 6.92 Å². The number of amides is 2. The molecule has 0 saturated heterocycles. The zero-order valence-corrected chi connectivity index (χ0v) is 12.5. The lowest BCUT2D eigenvalue weighted by Crippen LogP contribution is -2.40. The van der Waals surface area contributed by atoms with E-state index in [2.05, 4.69) is 15.6 Å². The van der Waals surface area contributed by atoms with Gasteiger partial charge in [0.15, 0.2) is 0 Å². The normalized spacial score (nSPS) is 15.6. The Bertz CT molecular complexity index is 511. The van der Waals surface area contributed by atoms with Gasteiger partial charge in [-0.15, -0.1) is 5.10 Å². The van der Waals surface area contributed by atoms with Gasteiger partial charge in [0.2, 0.25) is 11.8 Å². The summed E-state index contributed by atoms with van der Waals surface area (Å²) in [7, 11) is 1.60. The molecule has 0 spiro atoms. The second-order valence-electron chi connectivity index (χ2n) is 5.45. The molecule has 1 aliphatic rings. The number of aromatic nitrogens is 3. The Labute approximate surface area is 123 Å². The van der Waals surface area contributed by atoms with Crippen molar-refractivity contribution in [1.29, 1.82) is 0 Å². The molecule has 21 heavy (non-hydrogen) atoms. The number of nitrogens with one attached hydrogen (secondary N) is 1. The third-order valence-corrected chi connectivity index (χ3v) is 3.42. The molecule has 1 aliphatic carbocycles. The Hall–Kier alpha value is -1.96. The summed E-state index contributed by atoms with van der Waals surface area (Å²) >= 11 is 0. The highest BCUT2D eigenvalue weighted by atomic mass is 16.2. The minimum atomic E-state index is -0.192. The maximum Gasteiger partial charge on any atom is 0.244 e. The van der Waals surface area contributed by atoms with Crippen molar-refractivity contribution in [1.82, 2.24) is 25.2 Å². The quantitative estimate of drug-likeness (QED) is 0.700. The Morgan fingerprint density at radius 3 is 2.90 bits per heavy atom. The molecule has 1 aromatic heterocycles. The molecule has 0 aromatic carbocycles. The highest BCUT2D eigenvalue weighted by Crippen LogP contribution is 2.18. The number of rotatable bonds is 7. The van der Waals surface area contributed by atoms with Crippen molar-refractivity contribution >= 4 is 11.8 Å². The van der Waals surface area contributed by atoms with Crippen molar-refractivity contribution in [3.63, 3.8) is 0 Å². The van der Waals surface area contributed by atoms with Crippen LogP contribution in [-0.4, -0.2) is 51.3 Å². The van der Waals surface area contributed by atoms with E-state index >= 15 is 0 Å². The van der Waals surface area contributed by atoms with Gasteiger partial charge in [0, 0.05) is 13.1 Å². The largest absolute Gasteiger partial charge is 0.352 e. The molecular weight excluding hydrogens is 272 g/mol. The third-order valence-electron chi connectivity index (χ3n) is 3.42. The van der Waals surface area contributed by atoms with Crippen molar-refractivity contribution in [3.8, 4) is 0 Å². The monoisotopic (exact) mass is 294 g/mol. The summed E-state index contributed by atoms with van der Waals surface area (Å²) < 4.78 is 1.45. The van der Waals surface area contributed by atoms with Gasteiger partial charge >= 0.3 is 0 Å². The SMILES string of the molecule is CCC(N)c1cn(CC(=O)N(C)CC(=O)NC2CC2)nn1. The number of likely N-dealkylation sites (N-methyl/N-ethyl adjacent to an activating group) is 1. The van der Waals surface area contributed by atoms with E-state index in [-0.39, 0.29) is 30.9 Å². The summed E-state index contributed by atoms with van der Waals surface area (Å²) in [6.07, 6.45) is 4.49. The molecule has 1 aromatic rings. The van der Waals surface area contributed by atoms with Crippen LogP contribution in [0.3, 0.4) is 0 Å². The van der Waals surface area contributed by atoms with Gasteiger partial charge < -0.3 is 16.0 Å². The lowest BCUT2D eigenvalue weighted by Gasteiger charge is -2.16. The lowest BCUT2D eigenvalue weighted by atomic mass is 10.2. The van der Waals surface area contributed by atoms with Crippen molar-refractivity contribution in [3.05, 3.63) is 11.9 Å². The highest BCUT2D eigenvalue weighted by molar-refractivity contribution is 5.84. The van der Waals surface area contributed by atoms with E-state index in [1.54, 1.807) is 13.2 Å². The molecule has 2 rings (SSSR count). The fourth-order valence-corrected chi connectivity index (χ4v) is 1.83. The van der Waals surface area contributed by atoms with Gasteiger partial charge in [-0.25, -0.2) is 4.68 Å². The number of carbonyl (C=O) groups excluding carboxylic acids is 2. The van der Waals surface area contributed by atoms with Crippen LogP contribution < -0.4 is 11.1 Å². The molecule has 8 nitrogen and oxygen atoms in total. The van der Waals surface area contributed by atoms with E-state index in [1.165, 1.54) is 9.58 Å². The number of carbonyl (C=O) groups is 2. The minimum absolute atomic E-state index is 0.0522. The molecule has 2 amide bonds. The first kappa shape index (κ1) is 15.4. The van der Waals surface area contributed by atoms with Gasteiger partial charge in [0.05, 0.1) is 24.5 Å². The number of nitrogens with zero attached hydrogens (tertiary/aromatic N) is 4. The van der Waals surface area contributed by atoms with Crippen molar-refractivity contribution in [2.45, 2.75) is 44.8 Å². The van der Waals surface area contributed by atoms with Crippen LogP contribution in [0.25, 0.3) is 0 Å². The molecule has 1 atom stereocenters. The van der Waals surface area contributed by atoms with Crippen LogP contribution >= 0.6 is 0 Å². The van der Waals surface area contributed by atoms with Gasteiger partial charge in [0.25, 0.3) is 0 Å². The Morgan fingerprint density at radius 2 is 2.29 bits per heavy atom. The van der Waals surface area contributed by atoms with Gasteiger partial charge in [-0.1, -0.05) is 12.1 Å². The maximum absolute atomic E-state index is 12.0. The summed E-state index contributed by atoms with van der Waals surface area (Å²) in [5.74, 6) is -0.317. The van der Waals surface area contributed by atoms with Crippen LogP contribution in [0.15, 0.2) is 6.20 Å². The average Bonchev–Trinajstić information content (AvgIpc) is 3.13.